The van der Waals surface area contributed by atoms with E-state index in [2.05, 4.69) is 10.2 Å². The van der Waals surface area contributed by atoms with Crippen molar-refractivity contribution in [2.24, 2.45) is 0 Å². The third-order valence-electron chi connectivity index (χ3n) is 3.89. The summed E-state index contributed by atoms with van der Waals surface area (Å²) in [6.07, 6.45) is 0. The second-order valence-electron chi connectivity index (χ2n) is 5.65. The van der Waals surface area contributed by atoms with E-state index >= 15 is 0 Å². The number of carbonyl (C=O) groups excluding carboxylic acids is 1. The Morgan fingerprint density at radius 2 is 1.79 bits per heavy atom. The van der Waals surface area contributed by atoms with E-state index in [0.717, 1.165) is 38.6 Å². The molecular formula is C19H22N2O3. The Morgan fingerprint density at radius 3 is 2.58 bits per heavy atom. The lowest BCUT2D eigenvalue weighted by Gasteiger charge is -2.26. The van der Waals surface area contributed by atoms with Crippen LogP contribution >= 0.6 is 0 Å². The van der Waals surface area contributed by atoms with Crippen LogP contribution in [0.25, 0.3) is 0 Å². The monoisotopic (exact) mass is 326 g/mol. The Balaban J connectivity index is 1.52. The van der Waals surface area contributed by atoms with Crippen molar-refractivity contribution in [2.75, 3.05) is 39.4 Å². The number of nitrogens with one attached hydrogen (secondary N) is 1. The molecule has 1 saturated heterocycles. The molecule has 0 unspecified atom stereocenters. The number of rotatable bonds is 6. The fourth-order valence-corrected chi connectivity index (χ4v) is 2.58. The molecule has 1 aliphatic heterocycles. The van der Waals surface area contributed by atoms with Gasteiger partial charge in [-0.3, -0.25) is 9.69 Å². The summed E-state index contributed by atoms with van der Waals surface area (Å²) in [7, 11) is 0. The summed E-state index contributed by atoms with van der Waals surface area (Å²) in [5.41, 5.74) is 0.602. The minimum Gasteiger partial charge on any atom is -0.457 e. The maximum atomic E-state index is 12.3. The largest absolute Gasteiger partial charge is 0.457 e. The first-order valence-corrected chi connectivity index (χ1v) is 8.22. The van der Waals surface area contributed by atoms with Crippen LogP contribution in [0.3, 0.4) is 0 Å². The van der Waals surface area contributed by atoms with E-state index in [4.69, 9.17) is 9.47 Å². The van der Waals surface area contributed by atoms with E-state index < -0.39 is 0 Å². The zero-order valence-corrected chi connectivity index (χ0v) is 13.6. The normalized spacial score (nSPS) is 15.0. The summed E-state index contributed by atoms with van der Waals surface area (Å²) in [4.78, 5) is 14.6. The van der Waals surface area contributed by atoms with E-state index in [1.807, 2.05) is 42.5 Å². The molecule has 24 heavy (non-hydrogen) atoms. The molecule has 0 aromatic heterocycles. The first-order chi connectivity index (χ1) is 11.8. The van der Waals surface area contributed by atoms with Gasteiger partial charge in [0.05, 0.1) is 13.2 Å². The predicted octanol–water partition coefficient (Wildman–Crippen LogP) is 2.54. The minimum absolute atomic E-state index is 0.0817. The molecule has 0 spiro atoms. The summed E-state index contributed by atoms with van der Waals surface area (Å²) in [6.45, 7) is 4.87. The number of hydrogen-bond acceptors (Lipinski definition) is 4. The highest BCUT2D eigenvalue weighted by atomic mass is 16.5. The van der Waals surface area contributed by atoms with Crippen LogP contribution in [0, 0.1) is 0 Å². The molecule has 5 nitrogen and oxygen atoms in total. The highest BCUT2D eigenvalue weighted by Crippen LogP contribution is 2.21. The van der Waals surface area contributed by atoms with Crippen LogP contribution in [-0.2, 0) is 4.74 Å². The average molecular weight is 326 g/mol. The molecule has 0 bridgehead atoms. The number of benzene rings is 2. The Kier molecular flexibility index (Phi) is 5.82. The maximum absolute atomic E-state index is 12.3. The van der Waals surface area contributed by atoms with Crippen LogP contribution in [0.4, 0.5) is 0 Å². The summed E-state index contributed by atoms with van der Waals surface area (Å²) in [5.74, 6) is 1.33. The van der Waals surface area contributed by atoms with Crippen molar-refractivity contribution < 1.29 is 14.3 Å². The van der Waals surface area contributed by atoms with Gasteiger partial charge in [0.25, 0.3) is 5.91 Å². The van der Waals surface area contributed by atoms with Crippen LogP contribution in [0.2, 0.25) is 0 Å². The van der Waals surface area contributed by atoms with Crippen molar-refractivity contribution in [1.82, 2.24) is 10.2 Å². The van der Waals surface area contributed by atoms with E-state index in [1.165, 1.54) is 0 Å². The van der Waals surface area contributed by atoms with Gasteiger partial charge >= 0.3 is 0 Å². The number of para-hydroxylation sites is 1. The molecule has 2 aromatic carbocycles. The number of morpholine rings is 1. The lowest BCUT2D eigenvalue weighted by Crippen LogP contribution is -2.41. The summed E-state index contributed by atoms with van der Waals surface area (Å²) in [6, 6.07) is 16.8. The van der Waals surface area contributed by atoms with Gasteiger partial charge < -0.3 is 14.8 Å². The van der Waals surface area contributed by atoms with Crippen molar-refractivity contribution in [3.8, 4) is 11.5 Å². The summed E-state index contributed by atoms with van der Waals surface area (Å²) < 4.78 is 11.1. The van der Waals surface area contributed by atoms with E-state index in [9.17, 15) is 4.79 Å². The van der Waals surface area contributed by atoms with Gasteiger partial charge in [-0.05, 0) is 30.3 Å². The van der Waals surface area contributed by atoms with Crippen molar-refractivity contribution in [2.45, 2.75) is 0 Å². The summed E-state index contributed by atoms with van der Waals surface area (Å²) in [5, 5.41) is 2.96. The SMILES string of the molecule is O=C(NCCN1CCOCC1)c1cccc(Oc2ccccc2)c1. The fraction of sp³-hybridized carbons (Fsp3) is 0.316. The van der Waals surface area contributed by atoms with Crippen molar-refractivity contribution in [3.05, 3.63) is 60.2 Å². The number of amides is 1. The quantitative estimate of drug-likeness (QED) is 0.886. The number of hydrogen-bond donors (Lipinski definition) is 1. The zero-order valence-electron chi connectivity index (χ0n) is 13.6. The molecule has 1 fully saturated rings. The Bertz CT molecular complexity index is 655. The van der Waals surface area contributed by atoms with Crippen LogP contribution < -0.4 is 10.1 Å². The molecular weight excluding hydrogens is 304 g/mol. The van der Waals surface area contributed by atoms with E-state index in [1.54, 1.807) is 12.1 Å². The van der Waals surface area contributed by atoms with Crippen LogP contribution in [0.1, 0.15) is 10.4 Å². The third-order valence-corrected chi connectivity index (χ3v) is 3.89. The smallest absolute Gasteiger partial charge is 0.251 e. The molecule has 1 aliphatic rings. The molecule has 1 heterocycles. The second-order valence-corrected chi connectivity index (χ2v) is 5.65. The average Bonchev–Trinajstić information content (AvgIpc) is 2.64. The van der Waals surface area contributed by atoms with E-state index in [-0.39, 0.29) is 5.91 Å². The van der Waals surface area contributed by atoms with Crippen LogP contribution in [0.15, 0.2) is 54.6 Å². The van der Waals surface area contributed by atoms with Gasteiger partial charge in [-0.1, -0.05) is 24.3 Å². The predicted molar refractivity (Wildman–Crippen MR) is 92.6 cm³/mol. The van der Waals surface area contributed by atoms with Gasteiger partial charge in [0.1, 0.15) is 11.5 Å². The topological polar surface area (TPSA) is 50.8 Å². The standard InChI is InChI=1S/C19H22N2O3/c22-19(20-9-10-21-11-13-23-14-12-21)16-5-4-8-18(15-16)24-17-6-2-1-3-7-17/h1-8,15H,9-14H2,(H,20,22). The van der Waals surface area contributed by atoms with Crippen molar-refractivity contribution in [1.29, 1.82) is 0 Å². The minimum atomic E-state index is -0.0817. The summed E-state index contributed by atoms with van der Waals surface area (Å²) >= 11 is 0. The molecule has 0 aliphatic carbocycles. The zero-order chi connectivity index (χ0) is 16.6. The van der Waals surface area contributed by atoms with Crippen LogP contribution in [-0.4, -0.2) is 50.2 Å². The van der Waals surface area contributed by atoms with Gasteiger partial charge in [0.2, 0.25) is 0 Å². The third kappa shape index (κ3) is 4.81. The van der Waals surface area contributed by atoms with Crippen molar-refractivity contribution >= 4 is 5.91 Å². The van der Waals surface area contributed by atoms with Crippen LogP contribution in [0.5, 0.6) is 11.5 Å². The molecule has 0 radical (unpaired) electrons. The van der Waals surface area contributed by atoms with Gasteiger partial charge in [-0.2, -0.15) is 0 Å². The maximum Gasteiger partial charge on any atom is 0.251 e. The van der Waals surface area contributed by atoms with Gasteiger partial charge in [-0.15, -0.1) is 0 Å². The van der Waals surface area contributed by atoms with E-state index in [0.29, 0.717) is 17.9 Å². The Morgan fingerprint density at radius 1 is 1.04 bits per heavy atom. The van der Waals surface area contributed by atoms with Gasteiger partial charge in [0.15, 0.2) is 0 Å². The van der Waals surface area contributed by atoms with Crippen molar-refractivity contribution in [3.63, 3.8) is 0 Å². The molecule has 0 saturated carbocycles. The lowest BCUT2D eigenvalue weighted by molar-refractivity contribution is 0.0383. The first-order valence-electron chi connectivity index (χ1n) is 8.22. The highest BCUT2D eigenvalue weighted by molar-refractivity contribution is 5.94. The molecule has 126 valence electrons. The molecule has 5 heteroatoms. The molecule has 1 N–H and O–H groups in total. The first kappa shape index (κ1) is 16.5. The highest BCUT2D eigenvalue weighted by Gasteiger charge is 2.11. The number of nitrogens with zero attached hydrogens (tertiary/aromatic N) is 1. The Labute approximate surface area is 142 Å². The molecule has 0 atom stereocenters. The number of ether oxygens (including phenoxy) is 2. The fourth-order valence-electron chi connectivity index (χ4n) is 2.58. The molecule has 3 rings (SSSR count). The number of carbonyl (C=O) groups is 1. The van der Waals surface area contributed by atoms with Gasteiger partial charge in [-0.25, -0.2) is 0 Å². The molecule has 2 aromatic rings. The van der Waals surface area contributed by atoms with Gasteiger partial charge in [0, 0.05) is 31.7 Å². The Hall–Kier alpha value is -2.37. The second kappa shape index (κ2) is 8.47. The molecule has 1 amide bonds. The lowest BCUT2D eigenvalue weighted by atomic mass is 10.2.